The zero-order valence-electron chi connectivity index (χ0n) is 13.0. The molecule has 0 saturated heterocycles. The third kappa shape index (κ3) is 2.56. The zero-order valence-corrected chi connectivity index (χ0v) is 13.0. The molecule has 0 spiro atoms. The van der Waals surface area contributed by atoms with E-state index < -0.39 is 23.5 Å². The number of anilines is 1. The molecule has 1 aromatic carbocycles. The van der Waals surface area contributed by atoms with Gasteiger partial charge in [-0.1, -0.05) is 6.92 Å². The van der Waals surface area contributed by atoms with Gasteiger partial charge in [-0.3, -0.25) is 14.5 Å². The first-order chi connectivity index (χ1) is 10.2. The first-order valence-electron chi connectivity index (χ1n) is 7.09. The number of hydrogen-bond acceptors (Lipinski definition) is 4. The van der Waals surface area contributed by atoms with Crippen molar-refractivity contribution in [3.63, 3.8) is 0 Å². The summed E-state index contributed by atoms with van der Waals surface area (Å²) in [7, 11) is 0. The van der Waals surface area contributed by atoms with Crippen molar-refractivity contribution in [3.05, 3.63) is 23.8 Å². The molecule has 1 amide bonds. The molecule has 1 aliphatic heterocycles. The molecule has 1 aromatic rings. The minimum Gasteiger partial charge on any atom is -0.480 e. The maximum Gasteiger partial charge on any atom is 0.326 e. The zero-order chi connectivity index (χ0) is 16.7. The lowest BCUT2D eigenvalue weighted by atomic mass is 9.99. The van der Waals surface area contributed by atoms with Gasteiger partial charge in [0.1, 0.15) is 11.8 Å². The molecule has 0 fully saturated rings. The molecule has 0 aromatic heterocycles. The number of carbonyl (C=O) groups is 3. The summed E-state index contributed by atoms with van der Waals surface area (Å²) in [6.45, 7) is 6.30. The quantitative estimate of drug-likeness (QED) is 0.863. The number of carboxylic acids is 1. The van der Waals surface area contributed by atoms with Gasteiger partial charge in [0.05, 0.1) is 5.69 Å². The first kappa shape index (κ1) is 16.0. The maximum absolute atomic E-state index is 12.6. The lowest BCUT2D eigenvalue weighted by molar-refractivity contribution is -0.143. The molecule has 22 heavy (non-hydrogen) atoms. The Bertz CT molecular complexity index is 650. The second-order valence-electron chi connectivity index (χ2n) is 5.79. The van der Waals surface area contributed by atoms with Gasteiger partial charge in [0.15, 0.2) is 11.4 Å². The number of ether oxygens (including phenoxy) is 1. The summed E-state index contributed by atoms with van der Waals surface area (Å²) in [5.41, 5.74) is -0.431. The molecule has 1 N–H and O–H groups in total. The number of aliphatic carboxylic acids is 1. The molecule has 0 saturated carbocycles. The molecular formula is C16H19NO5. The normalized spacial score (nSPS) is 17.5. The highest BCUT2D eigenvalue weighted by Gasteiger charge is 2.45. The van der Waals surface area contributed by atoms with Crippen LogP contribution >= 0.6 is 0 Å². The fourth-order valence-corrected chi connectivity index (χ4v) is 2.51. The number of carboxylic acid groups (broad SMARTS) is 1. The van der Waals surface area contributed by atoms with Crippen molar-refractivity contribution in [2.75, 3.05) is 4.90 Å². The van der Waals surface area contributed by atoms with Gasteiger partial charge < -0.3 is 9.84 Å². The van der Waals surface area contributed by atoms with Gasteiger partial charge in [-0.2, -0.15) is 0 Å². The molecule has 0 aliphatic carbocycles. The third-order valence-corrected chi connectivity index (χ3v) is 3.71. The van der Waals surface area contributed by atoms with Crippen LogP contribution in [0.2, 0.25) is 0 Å². The standard InChI is InChI=1S/C16H19NO5/c1-5-11(14(19)20)17-12-8-10(9(2)18)6-7-13(12)22-16(3,4)15(17)21/h6-8,11H,5H2,1-4H3,(H,19,20). The Hall–Kier alpha value is -2.37. The van der Waals surface area contributed by atoms with E-state index in [0.717, 1.165) is 0 Å². The third-order valence-electron chi connectivity index (χ3n) is 3.71. The number of ketones is 1. The molecule has 1 heterocycles. The number of hydrogen-bond donors (Lipinski definition) is 1. The number of benzene rings is 1. The Labute approximate surface area is 128 Å². The van der Waals surface area contributed by atoms with E-state index >= 15 is 0 Å². The minimum atomic E-state index is -1.16. The van der Waals surface area contributed by atoms with Crippen molar-refractivity contribution in [3.8, 4) is 5.75 Å². The number of fused-ring (bicyclic) bond motifs is 1. The molecule has 1 atom stereocenters. The molecule has 0 radical (unpaired) electrons. The van der Waals surface area contributed by atoms with E-state index in [9.17, 15) is 19.5 Å². The smallest absolute Gasteiger partial charge is 0.326 e. The summed E-state index contributed by atoms with van der Waals surface area (Å²) in [4.78, 5) is 37.0. The summed E-state index contributed by atoms with van der Waals surface area (Å²) in [6.07, 6.45) is 0.251. The predicted molar refractivity (Wildman–Crippen MR) is 80.4 cm³/mol. The fraction of sp³-hybridized carbons (Fsp3) is 0.438. The van der Waals surface area contributed by atoms with E-state index in [1.807, 2.05) is 0 Å². The molecule has 1 unspecified atom stereocenters. The van der Waals surface area contributed by atoms with E-state index in [-0.39, 0.29) is 12.2 Å². The van der Waals surface area contributed by atoms with E-state index in [4.69, 9.17) is 4.74 Å². The molecule has 0 bridgehead atoms. The average Bonchev–Trinajstić information content (AvgIpc) is 2.42. The van der Waals surface area contributed by atoms with Crippen LogP contribution in [0.1, 0.15) is 44.5 Å². The van der Waals surface area contributed by atoms with E-state index in [0.29, 0.717) is 17.0 Å². The maximum atomic E-state index is 12.6. The van der Waals surface area contributed by atoms with Crippen molar-refractivity contribution in [1.29, 1.82) is 0 Å². The number of rotatable bonds is 4. The molecular weight excluding hydrogens is 286 g/mol. The molecule has 1 aliphatic rings. The monoisotopic (exact) mass is 305 g/mol. The predicted octanol–water partition coefficient (Wildman–Crippen LogP) is 2.26. The van der Waals surface area contributed by atoms with Crippen LogP contribution in [0.5, 0.6) is 5.75 Å². The van der Waals surface area contributed by atoms with E-state index in [1.54, 1.807) is 32.9 Å². The largest absolute Gasteiger partial charge is 0.480 e. The highest BCUT2D eigenvalue weighted by atomic mass is 16.5. The minimum absolute atomic E-state index is 0.164. The van der Waals surface area contributed by atoms with Gasteiger partial charge in [-0.25, -0.2) is 4.79 Å². The van der Waals surface area contributed by atoms with Gasteiger partial charge in [0.25, 0.3) is 5.91 Å². The molecule has 118 valence electrons. The summed E-state index contributed by atoms with van der Waals surface area (Å²) in [6, 6.07) is 3.71. The van der Waals surface area contributed by atoms with Crippen molar-refractivity contribution >= 4 is 23.3 Å². The van der Waals surface area contributed by atoms with Crippen LogP contribution in [0, 0.1) is 0 Å². The van der Waals surface area contributed by atoms with Crippen LogP contribution in [0.25, 0.3) is 0 Å². The van der Waals surface area contributed by atoms with Crippen LogP contribution < -0.4 is 9.64 Å². The molecule has 6 nitrogen and oxygen atoms in total. The second kappa shape index (κ2) is 5.44. The summed E-state index contributed by atoms with van der Waals surface area (Å²) in [5.74, 6) is -1.29. The lowest BCUT2D eigenvalue weighted by Crippen LogP contribution is -2.57. The number of amides is 1. The van der Waals surface area contributed by atoms with Gasteiger partial charge >= 0.3 is 5.97 Å². The van der Waals surface area contributed by atoms with Crippen LogP contribution in [-0.2, 0) is 9.59 Å². The van der Waals surface area contributed by atoms with Crippen molar-refractivity contribution in [2.24, 2.45) is 0 Å². The van der Waals surface area contributed by atoms with Gasteiger partial charge in [-0.15, -0.1) is 0 Å². The van der Waals surface area contributed by atoms with Crippen LogP contribution in [0.3, 0.4) is 0 Å². The topological polar surface area (TPSA) is 83.9 Å². The summed E-state index contributed by atoms with van der Waals surface area (Å²) >= 11 is 0. The Kier molecular flexibility index (Phi) is 3.96. The molecule has 2 rings (SSSR count). The highest BCUT2D eigenvalue weighted by Crippen LogP contribution is 2.40. The van der Waals surface area contributed by atoms with Gasteiger partial charge in [0.2, 0.25) is 0 Å². The number of carbonyl (C=O) groups excluding carboxylic acids is 2. The van der Waals surface area contributed by atoms with E-state index in [1.165, 1.54) is 17.9 Å². The number of nitrogens with zero attached hydrogens (tertiary/aromatic N) is 1. The van der Waals surface area contributed by atoms with Crippen LogP contribution in [-0.4, -0.2) is 34.4 Å². The van der Waals surface area contributed by atoms with Crippen molar-refractivity contribution in [1.82, 2.24) is 0 Å². The highest BCUT2D eigenvalue weighted by molar-refractivity contribution is 6.07. The lowest BCUT2D eigenvalue weighted by Gasteiger charge is -2.41. The average molecular weight is 305 g/mol. The first-order valence-corrected chi connectivity index (χ1v) is 7.09. The Morgan fingerprint density at radius 3 is 2.50 bits per heavy atom. The van der Waals surface area contributed by atoms with Crippen molar-refractivity contribution < 1.29 is 24.2 Å². The Balaban J connectivity index is 2.65. The fourth-order valence-electron chi connectivity index (χ4n) is 2.51. The van der Waals surface area contributed by atoms with Crippen molar-refractivity contribution in [2.45, 2.75) is 45.8 Å². The van der Waals surface area contributed by atoms with Gasteiger partial charge in [-0.05, 0) is 45.4 Å². The van der Waals surface area contributed by atoms with Crippen LogP contribution in [0.15, 0.2) is 18.2 Å². The summed E-state index contributed by atoms with van der Waals surface area (Å²) < 4.78 is 5.68. The Morgan fingerprint density at radius 2 is 2.00 bits per heavy atom. The van der Waals surface area contributed by atoms with Crippen LogP contribution in [0.4, 0.5) is 5.69 Å². The number of Topliss-reactive ketones (excluding diaryl/α,β-unsaturated/α-hetero) is 1. The van der Waals surface area contributed by atoms with E-state index in [2.05, 4.69) is 0 Å². The summed E-state index contributed by atoms with van der Waals surface area (Å²) in [5, 5.41) is 9.42. The molecule has 6 heteroatoms. The Morgan fingerprint density at radius 1 is 1.36 bits per heavy atom. The van der Waals surface area contributed by atoms with Gasteiger partial charge in [0, 0.05) is 5.56 Å². The SMILES string of the molecule is CCC(C(=O)O)N1C(=O)C(C)(C)Oc2ccc(C(C)=O)cc21. The second-order valence-corrected chi connectivity index (χ2v) is 5.79.